The zero-order valence-electron chi connectivity index (χ0n) is 17.7. The average Bonchev–Trinajstić information content (AvgIpc) is 3.32. The predicted molar refractivity (Wildman–Crippen MR) is 127 cm³/mol. The molecule has 6 heteroatoms. The largest absolute Gasteiger partial charge is 0.332 e. The molecule has 2 amide bonds. The lowest BCUT2D eigenvalue weighted by atomic mass is 10.2. The highest BCUT2D eigenvalue weighted by molar-refractivity contribution is 7.09. The summed E-state index contributed by atoms with van der Waals surface area (Å²) in [6, 6.07) is 19.5. The van der Waals surface area contributed by atoms with Crippen LogP contribution in [0, 0.1) is 5.82 Å². The second-order valence-electron chi connectivity index (χ2n) is 7.21. The molecule has 0 atom stereocenters. The molecule has 0 N–H and O–H groups in total. The number of hydrogen-bond acceptors (Lipinski definition) is 3. The summed E-state index contributed by atoms with van der Waals surface area (Å²) in [6.45, 7) is 4.64. The molecule has 1 aromatic heterocycles. The van der Waals surface area contributed by atoms with Crippen molar-refractivity contribution in [1.29, 1.82) is 0 Å². The summed E-state index contributed by atoms with van der Waals surface area (Å²) in [7, 11) is 0. The van der Waals surface area contributed by atoms with Crippen molar-refractivity contribution < 1.29 is 14.0 Å². The van der Waals surface area contributed by atoms with Crippen molar-refractivity contribution in [2.24, 2.45) is 0 Å². The Kier molecular flexibility index (Phi) is 8.52. The highest BCUT2D eigenvalue weighted by Gasteiger charge is 2.20. The number of amides is 2. The highest BCUT2D eigenvalue weighted by Crippen LogP contribution is 2.16. The molecule has 1 heterocycles. The minimum atomic E-state index is -0.321. The molecule has 2 aromatic carbocycles. The van der Waals surface area contributed by atoms with Crippen LogP contribution in [0.2, 0.25) is 0 Å². The Balaban J connectivity index is 1.73. The van der Waals surface area contributed by atoms with E-state index in [1.54, 1.807) is 40.5 Å². The molecular formula is C26H25FN2O2S. The van der Waals surface area contributed by atoms with Gasteiger partial charge in [0.1, 0.15) is 12.4 Å². The predicted octanol–water partition coefficient (Wildman–Crippen LogP) is 5.14. The smallest absolute Gasteiger partial charge is 0.247 e. The number of carbonyl (C=O) groups is 2. The van der Waals surface area contributed by atoms with E-state index in [4.69, 9.17) is 0 Å². The molecule has 164 valence electrons. The fraction of sp³-hybridized carbons (Fsp3) is 0.154. The minimum Gasteiger partial charge on any atom is -0.332 e. The molecule has 0 fully saturated rings. The lowest BCUT2D eigenvalue weighted by molar-refractivity contribution is -0.138. The molecule has 0 radical (unpaired) electrons. The summed E-state index contributed by atoms with van der Waals surface area (Å²) in [5.74, 6) is -0.774. The lowest BCUT2D eigenvalue weighted by Gasteiger charge is -2.26. The van der Waals surface area contributed by atoms with E-state index in [1.165, 1.54) is 23.1 Å². The molecule has 3 rings (SSSR count). The Bertz CT molecular complexity index is 1050. The Morgan fingerprint density at radius 1 is 0.938 bits per heavy atom. The van der Waals surface area contributed by atoms with Gasteiger partial charge in [-0.15, -0.1) is 17.9 Å². The quantitative estimate of drug-likeness (QED) is 0.318. The van der Waals surface area contributed by atoms with Crippen LogP contribution in [0.25, 0.3) is 6.08 Å². The molecular weight excluding hydrogens is 423 g/mol. The van der Waals surface area contributed by atoms with E-state index in [0.717, 1.165) is 16.0 Å². The van der Waals surface area contributed by atoms with Gasteiger partial charge in [0.05, 0.1) is 6.54 Å². The monoisotopic (exact) mass is 448 g/mol. The van der Waals surface area contributed by atoms with E-state index in [1.807, 2.05) is 47.8 Å². The first kappa shape index (κ1) is 23.2. The van der Waals surface area contributed by atoms with Gasteiger partial charge in [-0.1, -0.05) is 54.6 Å². The van der Waals surface area contributed by atoms with E-state index in [0.29, 0.717) is 13.1 Å². The summed E-state index contributed by atoms with van der Waals surface area (Å²) >= 11 is 1.56. The van der Waals surface area contributed by atoms with Crippen LogP contribution in [-0.4, -0.2) is 34.7 Å². The third-order valence-corrected chi connectivity index (χ3v) is 5.63. The van der Waals surface area contributed by atoms with E-state index in [9.17, 15) is 14.0 Å². The number of halogens is 1. The van der Waals surface area contributed by atoms with Gasteiger partial charge in [0, 0.05) is 24.0 Å². The van der Waals surface area contributed by atoms with Crippen LogP contribution in [0.1, 0.15) is 16.0 Å². The van der Waals surface area contributed by atoms with Crippen LogP contribution in [0.3, 0.4) is 0 Å². The minimum absolute atomic E-state index is 0.0729. The first-order valence-corrected chi connectivity index (χ1v) is 11.1. The van der Waals surface area contributed by atoms with Gasteiger partial charge in [-0.25, -0.2) is 4.39 Å². The van der Waals surface area contributed by atoms with Gasteiger partial charge in [-0.3, -0.25) is 9.59 Å². The number of carbonyl (C=O) groups excluding carboxylic acids is 2. The van der Waals surface area contributed by atoms with Crippen molar-refractivity contribution >= 4 is 29.2 Å². The maximum atomic E-state index is 13.3. The van der Waals surface area contributed by atoms with Crippen LogP contribution in [0.15, 0.2) is 90.8 Å². The second-order valence-corrected chi connectivity index (χ2v) is 8.24. The van der Waals surface area contributed by atoms with Crippen molar-refractivity contribution in [3.05, 3.63) is 113 Å². The third-order valence-electron chi connectivity index (χ3n) is 4.77. The number of rotatable bonds is 10. The maximum absolute atomic E-state index is 13.3. The molecule has 0 aliphatic rings. The second kappa shape index (κ2) is 11.8. The highest BCUT2D eigenvalue weighted by atomic mass is 32.1. The molecule has 0 saturated heterocycles. The van der Waals surface area contributed by atoms with Crippen LogP contribution in [-0.2, 0) is 22.7 Å². The van der Waals surface area contributed by atoms with E-state index in [-0.39, 0.29) is 30.7 Å². The zero-order chi connectivity index (χ0) is 22.8. The van der Waals surface area contributed by atoms with Gasteiger partial charge in [0.2, 0.25) is 11.8 Å². The third kappa shape index (κ3) is 7.03. The molecule has 0 spiro atoms. The topological polar surface area (TPSA) is 40.6 Å². The molecule has 0 saturated carbocycles. The molecule has 0 aliphatic heterocycles. The zero-order valence-corrected chi connectivity index (χ0v) is 18.5. The first-order chi connectivity index (χ1) is 15.5. The van der Waals surface area contributed by atoms with Gasteiger partial charge in [0.15, 0.2) is 0 Å². The van der Waals surface area contributed by atoms with Gasteiger partial charge < -0.3 is 9.80 Å². The van der Waals surface area contributed by atoms with E-state index >= 15 is 0 Å². The summed E-state index contributed by atoms with van der Waals surface area (Å²) in [5, 5.41) is 1.96. The summed E-state index contributed by atoms with van der Waals surface area (Å²) in [4.78, 5) is 30.1. The van der Waals surface area contributed by atoms with Gasteiger partial charge in [-0.2, -0.15) is 0 Å². The average molecular weight is 449 g/mol. The van der Waals surface area contributed by atoms with Crippen LogP contribution >= 0.6 is 11.3 Å². The summed E-state index contributed by atoms with van der Waals surface area (Å²) in [6.07, 6.45) is 4.80. The Hall–Kier alpha value is -3.51. The van der Waals surface area contributed by atoms with Crippen molar-refractivity contribution in [2.45, 2.75) is 13.1 Å². The molecule has 0 unspecified atom stereocenters. The SMILES string of the molecule is C=CCN(CC(=O)N(Cc1ccc(F)cc1)Cc1cccs1)C(=O)/C=C/c1ccccc1. The van der Waals surface area contributed by atoms with Crippen LogP contribution in [0.5, 0.6) is 0 Å². The number of benzene rings is 2. The fourth-order valence-electron chi connectivity index (χ4n) is 3.12. The molecule has 32 heavy (non-hydrogen) atoms. The van der Waals surface area contributed by atoms with Crippen molar-refractivity contribution in [3.8, 4) is 0 Å². The Morgan fingerprint density at radius 2 is 1.69 bits per heavy atom. The van der Waals surface area contributed by atoms with E-state index < -0.39 is 0 Å². The van der Waals surface area contributed by atoms with Crippen LogP contribution < -0.4 is 0 Å². The summed E-state index contributed by atoms with van der Waals surface area (Å²) in [5.41, 5.74) is 1.73. The normalized spacial score (nSPS) is 10.8. The van der Waals surface area contributed by atoms with Gasteiger partial charge in [-0.05, 0) is 40.8 Å². The number of hydrogen-bond donors (Lipinski definition) is 0. The van der Waals surface area contributed by atoms with Crippen molar-refractivity contribution in [1.82, 2.24) is 9.80 Å². The summed E-state index contributed by atoms with van der Waals surface area (Å²) < 4.78 is 13.3. The number of nitrogens with zero attached hydrogens (tertiary/aromatic N) is 2. The molecule has 0 aliphatic carbocycles. The fourth-order valence-corrected chi connectivity index (χ4v) is 3.84. The first-order valence-electron chi connectivity index (χ1n) is 10.2. The molecule has 4 nitrogen and oxygen atoms in total. The standard InChI is InChI=1S/C26H25FN2O2S/c1-2-16-28(25(30)15-12-21-7-4-3-5-8-21)20-26(31)29(19-24-9-6-17-32-24)18-22-10-13-23(27)14-11-22/h2-15,17H,1,16,18-20H2/b15-12+. The molecule has 0 bridgehead atoms. The van der Waals surface area contributed by atoms with Crippen molar-refractivity contribution in [2.75, 3.05) is 13.1 Å². The van der Waals surface area contributed by atoms with Crippen molar-refractivity contribution in [3.63, 3.8) is 0 Å². The maximum Gasteiger partial charge on any atom is 0.247 e. The van der Waals surface area contributed by atoms with Gasteiger partial charge >= 0.3 is 0 Å². The number of thiophene rings is 1. The Labute approximate surface area is 191 Å². The Morgan fingerprint density at radius 3 is 2.34 bits per heavy atom. The van der Waals surface area contributed by atoms with E-state index in [2.05, 4.69) is 6.58 Å². The van der Waals surface area contributed by atoms with Gasteiger partial charge in [0.25, 0.3) is 0 Å². The van der Waals surface area contributed by atoms with Crippen LogP contribution in [0.4, 0.5) is 4.39 Å². The molecule has 3 aromatic rings. The lowest BCUT2D eigenvalue weighted by Crippen LogP contribution is -2.42.